The summed E-state index contributed by atoms with van der Waals surface area (Å²) < 4.78 is 14.7. The predicted octanol–water partition coefficient (Wildman–Crippen LogP) is 2.66. The van der Waals surface area contributed by atoms with Crippen LogP contribution in [0, 0.1) is 0 Å². The summed E-state index contributed by atoms with van der Waals surface area (Å²) in [5.41, 5.74) is -0.835. The second-order valence-electron chi connectivity index (χ2n) is 1.87. The second-order valence-corrected chi connectivity index (χ2v) is 6.80. The van der Waals surface area contributed by atoms with Gasteiger partial charge in [0.25, 0.3) is 4.06 Å². The highest BCUT2D eigenvalue weighted by molar-refractivity contribution is 8.08. The SMILES string of the molecule is O=c1sc2c(s1)SC(F)CS2. The lowest BCUT2D eigenvalue weighted by molar-refractivity contribution is 0.488. The summed E-state index contributed by atoms with van der Waals surface area (Å²) >= 11 is 5.01. The van der Waals surface area contributed by atoms with Crippen molar-refractivity contribution in [3.05, 3.63) is 8.85 Å². The molecule has 11 heavy (non-hydrogen) atoms. The maximum absolute atomic E-state index is 12.7. The van der Waals surface area contributed by atoms with Crippen LogP contribution >= 0.6 is 46.2 Å². The summed E-state index contributed by atoms with van der Waals surface area (Å²) in [6, 6.07) is 0. The van der Waals surface area contributed by atoms with Crippen molar-refractivity contribution in [1.82, 2.24) is 0 Å². The van der Waals surface area contributed by atoms with E-state index in [1.165, 1.54) is 34.9 Å². The number of rotatable bonds is 0. The third-order valence-electron chi connectivity index (χ3n) is 1.10. The van der Waals surface area contributed by atoms with Crippen molar-refractivity contribution in [1.29, 1.82) is 0 Å². The topological polar surface area (TPSA) is 17.1 Å². The minimum absolute atomic E-state index is 0.0732. The summed E-state index contributed by atoms with van der Waals surface area (Å²) in [4.78, 5) is 10.9. The van der Waals surface area contributed by atoms with Crippen LogP contribution in [0.1, 0.15) is 0 Å². The van der Waals surface area contributed by atoms with Crippen LogP contribution in [0.3, 0.4) is 0 Å². The summed E-state index contributed by atoms with van der Waals surface area (Å²) in [5, 5.41) is 0. The lowest BCUT2D eigenvalue weighted by Gasteiger charge is -2.11. The zero-order valence-electron chi connectivity index (χ0n) is 5.20. The molecular weight excluding hydrogens is 223 g/mol. The van der Waals surface area contributed by atoms with Crippen molar-refractivity contribution in [3.63, 3.8) is 0 Å². The van der Waals surface area contributed by atoms with Gasteiger partial charge < -0.3 is 0 Å². The molecule has 1 aliphatic heterocycles. The molecule has 2 rings (SSSR count). The van der Waals surface area contributed by atoms with Crippen LogP contribution in [0.25, 0.3) is 0 Å². The molecule has 0 aromatic carbocycles. The fourth-order valence-corrected chi connectivity index (χ4v) is 5.91. The molecule has 0 radical (unpaired) electrons. The molecule has 1 nitrogen and oxygen atoms in total. The number of halogens is 1. The van der Waals surface area contributed by atoms with Gasteiger partial charge in [-0.25, -0.2) is 4.39 Å². The molecule has 0 fully saturated rings. The molecule has 6 heteroatoms. The van der Waals surface area contributed by atoms with Crippen molar-refractivity contribution in [2.24, 2.45) is 0 Å². The Morgan fingerprint density at radius 3 is 2.91 bits per heavy atom. The molecule has 60 valence electrons. The Morgan fingerprint density at radius 1 is 1.36 bits per heavy atom. The Kier molecular flexibility index (Phi) is 2.27. The first-order valence-corrected chi connectivity index (χ1v) is 6.33. The first-order chi connectivity index (χ1) is 5.25. The highest BCUT2D eigenvalue weighted by Crippen LogP contribution is 2.44. The van der Waals surface area contributed by atoms with Crippen molar-refractivity contribution in [2.75, 3.05) is 5.75 Å². The van der Waals surface area contributed by atoms with Crippen LogP contribution in [0.15, 0.2) is 13.2 Å². The van der Waals surface area contributed by atoms with Crippen molar-refractivity contribution in [2.45, 2.75) is 13.9 Å². The van der Waals surface area contributed by atoms with E-state index in [1.54, 1.807) is 0 Å². The zero-order chi connectivity index (χ0) is 7.84. The van der Waals surface area contributed by atoms with E-state index < -0.39 is 5.50 Å². The molecule has 2 heterocycles. The van der Waals surface area contributed by atoms with Crippen molar-refractivity contribution in [3.8, 4) is 0 Å². The van der Waals surface area contributed by atoms with Crippen LogP contribution in [0.5, 0.6) is 0 Å². The van der Waals surface area contributed by atoms with E-state index in [0.717, 1.165) is 19.8 Å². The summed E-state index contributed by atoms with van der Waals surface area (Å²) in [7, 11) is 0. The molecule has 0 aliphatic carbocycles. The van der Waals surface area contributed by atoms with E-state index in [0.29, 0.717) is 5.75 Å². The lowest BCUT2D eigenvalue weighted by atomic mass is 10.9. The zero-order valence-corrected chi connectivity index (χ0v) is 8.47. The van der Waals surface area contributed by atoms with Crippen LogP contribution in [0.4, 0.5) is 4.39 Å². The maximum Gasteiger partial charge on any atom is 0.289 e. The molecular formula is C5H3FOS4. The Hall–Kier alpha value is 0.480. The van der Waals surface area contributed by atoms with Crippen LogP contribution in [0.2, 0.25) is 0 Å². The standard InChI is InChI=1S/C5H3FOS4/c6-2-1-8-3-4(9-2)11-5(7)10-3/h2H,1H2. The van der Waals surface area contributed by atoms with E-state index in [2.05, 4.69) is 0 Å². The van der Waals surface area contributed by atoms with Gasteiger partial charge in [-0.1, -0.05) is 34.4 Å². The highest BCUT2D eigenvalue weighted by Gasteiger charge is 2.22. The van der Waals surface area contributed by atoms with Gasteiger partial charge in [-0.05, 0) is 0 Å². The van der Waals surface area contributed by atoms with E-state index in [-0.39, 0.29) is 4.06 Å². The monoisotopic (exact) mass is 226 g/mol. The summed E-state index contributed by atoms with van der Waals surface area (Å²) in [6.07, 6.45) is 0. The Labute approximate surface area is 79.0 Å². The Morgan fingerprint density at radius 2 is 2.09 bits per heavy atom. The van der Waals surface area contributed by atoms with Gasteiger partial charge in [-0.3, -0.25) is 4.79 Å². The number of alkyl halides is 1. The van der Waals surface area contributed by atoms with Crippen LogP contribution in [-0.2, 0) is 0 Å². The molecule has 0 bridgehead atoms. The smallest absolute Gasteiger partial charge is 0.265 e. The normalized spacial score (nSPS) is 23.2. The fourth-order valence-electron chi connectivity index (χ4n) is 0.707. The average Bonchev–Trinajstić information content (AvgIpc) is 2.27. The van der Waals surface area contributed by atoms with E-state index >= 15 is 0 Å². The minimum Gasteiger partial charge on any atom is -0.265 e. The van der Waals surface area contributed by atoms with E-state index in [1.807, 2.05) is 0 Å². The van der Waals surface area contributed by atoms with Gasteiger partial charge in [0.15, 0.2) is 5.50 Å². The Bertz CT molecular complexity index is 317. The van der Waals surface area contributed by atoms with Gasteiger partial charge in [-0.15, -0.1) is 11.8 Å². The lowest BCUT2D eigenvalue weighted by Crippen LogP contribution is -2.00. The van der Waals surface area contributed by atoms with Gasteiger partial charge in [0.1, 0.15) is 0 Å². The van der Waals surface area contributed by atoms with Crippen molar-refractivity contribution < 1.29 is 4.39 Å². The highest BCUT2D eigenvalue weighted by atomic mass is 32.2. The summed E-state index contributed by atoms with van der Waals surface area (Å²) in [5.74, 6) is 0.477. The van der Waals surface area contributed by atoms with Gasteiger partial charge in [-0.2, -0.15) is 0 Å². The molecule has 0 N–H and O–H groups in total. The van der Waals surface area contributed by atoms with Gasteiger partial charge >= 0.3 is 0 Å². The molecule has 0 saturated carbocycles. The third-order valence-corrected chi connectivity index (χ3v) is 6.35. The van der Waals surface area contributed by atoms with Gasteiger partial charge in [0.05, 0.1) is 8.42 Å². The molecule has 1 unspecified atom stereocenters. The third kappa shape index (κ3) is 1.63. The van der Waals surface area contributed by atoms with Gasteiger partial charge in [0, 0.05) is 5.75 Å². The minimum atomic E-state index is -0.835. The predicted molar refractivity (Wildman–Crippen MR) is 49.9 cm³/mol. The largest absolute Gasteiger partial charge is 0.289 e. The van der Waals surface area contributed by atoms with Crippen LogP contribution < -0.4 is 4.06 Å². The molecule has 0 spiro atoms. The number of fused-ring (bicyclic) bond motifs is 1. The first-order valence-electron chi connectivity index (χ1n) is 2.83. The molecule has 0 saturated heterocycles. The molecule has 1 aromatic heterocycles. The maximum atomic E-state index is 12.7. The van der Waals surface area contributed by atoms with E-state index in [9.17, 15) is 9.18 Å². The Balaban J connectivity index is 2.41. The summed E-state index contributed by atoms with van der Waals surface area (Å²) in [6.45, 7) is 0. The number of hydrogen-bond donors (Lipinski definition) is 0. The van der Waals surface area contributed by atoms with E-state index in [4.69, 9.17) is 0 Å². The number of hydrogen-bond acceptors (Lipinski definition) is 5. The quantitative estimate of drug-likeness (QED) is 0.677. The fraction of sp³-hybridized carbons (Fsp3) is 0.400. The average molecular weight is 226 g/mol. The first kappa shape index (κ1) is 8.10. The van der Waals surface area contributed by atoms with Crippen LogP contribution in [-0.4, -0.2) is 11.3 Å². The van der Waals surface area contributed by atoms with Gasteiger partial charge in [0.2, 0.25) is 0 Å². The second kappa shape index (κ2) is 3.08. The molecule has 1 atom stereocenters. The number of thioether (sulfide) groups is 2. The molecule has 1 aromatic rings. The molecule has 0 amide bonds. The molecule has 1 aliphatic rings. The van der Waals surface area contributed by atoms with Crippen molar-refractivity contribution >= 4 is 46.2 Å².